The van der Waals surface area contributed by atoms with Gasteiger partial charge in [0.2, 0.25) is 5.91 Å². The van der Waals surface area contributed by atoms with Gasteiger partial charge >= 0.3 is 5.97 Å². The summed E-state index contributed by atoms with van der Waals surface area (Å²) in [6, 6.07) is 14.9. The Bertz CT molecular complexity index is 993. The van der Waals surface area contributed by atoms with Crippen molar-refractivity contribution in [3.8, 4) is 0 Å². The van der Waals surface area contributed by atoms with E-state index in [4.69, 9.17) is 0 Å². The number of rotatable bonds is 4. The van der Waals surface area contributed by atoms with Gasteiger partial charge in [-0.05, 0) is 35.3 Å². The fraction of sp³-hybridized carbons (Fsp3) is 0.250. The first-order chi connectivity index (χ1) is 13.1. The molecule has 4 rings (SSSR count). The van der Waals surface area contributed by atoms with Gasteiger partial charge in [0.15, 0.2) is 0 Å². The quantitative estimate of drug-likeness (QED) is 0.752. The molecule has 0 atom stereocenters. The van der Waals surface area contributed by atoms with Gasteiger partial charge < -0.3 is 14.9 Å². The molecule has 2 aromatic carbocycles. The number of hydrogen-bond donors (Lipinski definition) is 1. The van der Waals surface area contributed by atoms with Crippen LogP contribution in [0.1, 0.15) is 15.9 Å². The number of carboxylic acids is 1. The highest BCUT2D eigenvalue weighted by atomic mass is 32.1. The third-order valence-corrected chi connectivity index (χ3v) is 5.70. The second kappa shape index (κ2) is 7.36. The second-order valence-corrected chi connectivity index (χ2v) is 7.31. The first-order valence-corrected chi connectivity index (χ1v) is 9.59. The number of anilines is 1. The summed E-state index contributed by atoms with van der Waals surface area (Å²) in [5, 5.41) is 10.4. The van der Waals surface area contributed by atoms with Crippen LogP contribution in [0.3, 0.4) is 0 Å². The van der Waals surface area contributed by atoms with Gasteiger partial charge in [0.25, 0.3) is 0 Å². The number of amides is 1. The van der Waals surface area contributed by atoms with Gasteiger partial charge in [-0.3, -0.25) is 4.79 Å². The summed E-state index contributed by atoms with van der Waals surface area (Å²) >= 11 is 1.49. The van der Waals surface area contributed by atoms with Crippen molar-refractivity contribution in [2.24, 2.45) is 0 Å². The molecule has 138 valence electrons. The maximum Gasteiger partial charge on any atom is 0.335 e. The van der Waals surface area contributed by atoms with Crippen LogP contribution < -0.4 is 4.90 Å². The highest BCUT2D eigenvalue weighted by molar-refractivity contribution is 7.13. The molecule has 0 radical (unpaired) electrons. The van der Waals surface area contributed by atoms with Crippen molar-refractivity contribution >= 4 is 39.3 Å². The molecule has 1 aliphatic heterocycles. The number of nitrogens with zero attached hydrogens (tertiary/aromatic N) is 3. The molecule has 0 unspecified atom stereocenters. The number of carbonyl (C=O) groups excluding carboxylic acids is 1. The van der Waals surface area contributed by atoms with E-state index in [9.17, 15) is 14.7 Å². The number of carbonyl (C=O) groups is 2. The number of carboxylic acid groups (broad SMARTS) is 1. The molecule has 3 aromatic rings. The molecule has 1 N–H and O–H groups in total. The molecule has 2 heterocycles. The van der Waals surface area contributed by atoms with Crippen molar-refractivity contribution in [2.75, 3.05) is 31.1 Å². The summed E-state index contributed by atoms with van der Waals surface area (Å²) in [5.41, 5.74) is 0.751. The molecule has 0 bridgehead atoms. The van der Waals surface area contributed by atoms with Gasteiger partial charge in [0.05, 0.1) is 16.7 Å². The van der Waals surface area contributed by atoms with Gasteiger partial charge in [0.1, 0.15) is 5.82 Å². The lowest BCUT2D eigenvalue weighted by molar-refractivity contribution is -0.130. The third-order valence-electron chi connectivity index (χ3n) is 4.88. The predicted molar refractivity (Wildman–Crippen MR) is 106 cm³/mol. The van der Waals surface area contributed by atoms with Gasteiger partial charge in [-0.2, -0.15) is 4.37 Å². The van der Waals surface area contributed by atoms with E-state index in [1.807, 2.05) is 17.0 Å². The van der Waals surface area contributed by atoms with Gasteiger partial charge in [-0.25, -0.2) is 4.79 Å². The molecule has 1 aromatic heterocycles. The monoisotopic (exact) mass is 381 g/mol. The summed E-state index contributed by atoms with van der Waals surface area (Å²) in [5.74, 6) is -0.0518. The Morgan fingerprint density at radius 3 is 2.48 bits per heavy atom. The summed E-state index contributed by atoms with van der Waals surface area (Å²) in [7, 11) is 0. The topological polar surface area (TPSA) is 73.7 Å². The van der Waals surface area contributed by atoms with Crippen molar-refractivity contribution in [3.05, 3.63) is 59.7 Å². The largest absolute Gasteiger partial charge is 0.478 e. The van der Waals surface area contributed by atoms with E-state index in [0.29, 0.717) is 18.7 Å². The molecule has 0 spiro atoms. The molecule has 1 saturated heterocycles. The molecule has 1 amide bonds. The summed E-state index contributed by atoms with van der Waals surface area (Å²) in [4.78, 5) is 28.0. The molecular formula is C20H19N3O3S. The van der Waals surface area contributed by atoms with Crippen LogP contribution in [0, 0.1) is 0 Å². The highest BCUT2D eigenvalue weighted by Gasteiger charge is 2.24. The molecule has 1 aliphatic rings. The molecule has 6 nitrogen and oxygen atoms in total. The van der Waals surface area contributed by atoms with Crippen molar-refractivity contribution in [2.45, 2.75) is 6.42 Å². The van der Waals surface area contributed by atoms with Crippen LogP contribution >= 0.6 is 11.5 Å². The number of hydrogen-bond acceptors (Lipinski definition) is 5. The lowest BCUT2D eigenvalue weighted by Crippen LogP contribution is -2.49. The van der Waals surface area contributed by atoms with E-state index < -0.39 is 5.97 Å². The van der Waals surface area contributed by atoms with Crippen LogP contribution in [-0.4, -0.2) is 52.4 Å². The maximum atomic E-state index is 12.6. The second-order valence-electron chi connectivity index (χ2n) is 6.51. The number of aromatic carboxylic acids is 1. The first kappa shape index (κ1) is 17.5. The SMILES string of the molecule is O=C(O)c1ccccc1CC(=O)N1CCN(c2nsc3ccccc23)CC1. The predicted octanol–water partition coefficient (Wildman–Crippen LogP) is 2.89. The number of aromatic nitrogens is 1. The minimum atomic E-state index is -1.00. The number of fused-ring (bicyclic) bond motifs is 1. The Labute approximate surface area is 160 Å². The maximum absolute atomic E-state index is 12.6. The van der Waals surface area contributed by atoms with Crippen molar-refractivity contribution in [3.63, 3.8) is 0 Å². The summed E-state index contributed by atoms with van der Waals surface area (Å²) < 4.78 is 5.75. The Morgan fingerprint density at radius 2 is 1.70 bits per heavy atom. The Kier molecular flexibility index (Phi) is 4.77. The van der Waals surface area contributed by atoms with E-state index in [2.05, 4.69) is 21.4 Å². The fourth-order valence-electron chi connectivity index (χ4n) is 3.43. The standard InChI is InChI=1S/C20H19N3O3S/c24-18(13-14-5-1-2-6-15(14)20(25)26)22-9-11-23(12-10-22)19-16-7-3-4-8-17(16)27-21-19/h1-8H,9-13H2,(H,25,26). The fourth-order valence-corrected chi connectivity index (χ4v) is 4.22. The van der Waals surface area contributed by atoms with Crippen molar-refractivity contribution < 1.29 is 14.7 Å². The molecular weight excluding hydrogens is 362 g/mol. The van der Waals surface area contributed by atoms with Crippen molar-refractivity contribution in [1.82, 2.24) is 9.27 Å². The molecule has 0 aliphatic carbocycles. The van der Waals surface area contributed by atoms with Gasteiger partial charge in [-0.1, -0.05) is 30.3 Å². The minimum absolute atomic E-state index is 0.0357. The zero-order chi connectivity index (χ0) is 18.8. The third kappa shape index (κ3) is 3.50. The average molecular weight is 381 g/mol. The van der Waals surface area contributed by atoms with Gasteiger partial charge in [-0.15, -0.1) is 0 Å². The van der Waals surface area contributed by atoms with Crippen molar-refractivity contribution in [1.29, 1.82) is 0 Å². The van der Waals surface area contributed by atoms with Crippen LogP contribution in [0.2, 0.25) is 0 Å². The van der Waals surface area contributed by atoms with Crippen LogP contribution in [0.5, 0.6) is 0 Å². The van der Waals surface area contributed by atoms with Crippen LogP contribution in [-0.2, 0) is 11.2 Å². The normalized spacial score (nSPS) is 14.5. The van der Waals surface area contributed by atoms with Crippen LogP contribution in [0.25, 0.3) is 10.1 Å². The Balaban J connectivity index is 1.42. The smallest absolute Gasteiger partial charge is 0.335 e. The Morgan fingerprint density at radius 1 is 1.00 bits per heavy atom. The van der Waals surface area contributed by atoms with E-state index in [1.165, 1.54) is 17.6 Å². The van der Waals surface area contributed by atoms with Crippen LogP contribution in [0.4, 0.5) is 5.82 Å². The zero-order valence-electron chi connectivity index (χ0n) is 14.7. The number of benzene rings is 2. The highest BCUT2D eigenvalue weighted by Crippen LogP contribution is 2.29. The molecule has 7 heteroatoms. The van der Waals surface area contributed by atoms with E-state index in [1.54, 1.807) is 18.2 Å². The van der Waals surface area contributed by atoms with Gasteiger partial charge in [0, 0.05) is 31.6 Å². The van der Waals surface area contributed by atoms with E-state index in [-0.39, 0.29) is 17.9 Å². The summed E-state index contributed by atoms with van der Waals surface area (Å²) in [6.07, 6.45) is 0.113. The lowest BCUT2D eigenvalue weighted by atomic mass is 10.0. The van der Waals surface area contributed by atoms with E-state index >= 15 is 0 Å². The average Bonchev–Trinajstić information content (AvgIpc) is 3.12. The minimum Gasteiger partial charge on any atom is -0.478 e. The van der Waals surface area contributed by atoms with E-state index in [0.717, 1.165) is 29.0 Å². The molecule has 27 heavy (non-hydrogen) atoms. The number of piperazine rings is 1. The summed E-state index contributed by atoms with van der Waals surface area (Å²) in [6.45, 7) is 2.67. The zero-order valence-corrected chi connectivity index (χ0v) is 15.5. The lowest BCUT2D eigenvalue weighted by Gasteiger charge is -2.35. The first-order valence-electron chi connectivity index (χ1n) is 8.82. The Hall–Kier alpha value is -2.93. The molecule has 1 fully saturated rings. The molecule has 0 saturated carbocycles. The van der Waals surface area contributed by atoms with Crippen LogP contribution in [0.15, 0.2) is 48.5 Å².